The predicted octanol–water partition coefficient (Wildman–Crippen LogP) is 2.43. The number of halogens is 2. The molecule has 0 spiro atoms. The molecule has 1 fully saturated rings. The third-order valence-corrected chi connectivity index (χ3v) is 3.16. The molecule has 1 aliphatic heterocycles. The molecule has 1 heterocycles. The molecule has 2 aromatic carbocycles. The van der Waals surface area contributed by atoms with Crippen molar-refractivity contribution in [1.29, 1.82) is 0 Å². The molecule has 0 aromatic heterocycles. The van der Waals surface area contributed by atoms with Crippen molar-refractivity contribution in [2.45, 2.75) is 0 Å². The molecule has 2 amide bonds. The molecule has 3 rings (SSSR count). The maximum Gasteiger partial charge on any atom is 0.282 e. The fourth-order valence-corrected chi connectivity index (χ4v) is 2.06. The van der Waals surface area contributed by atoms with Gasteiger partial charge in [-0.05, 0) is 48.0 Å². The van der Waals surface area contributed by atoms with Crippen LogP contribution in [0.3, 0.4) is 0 Å². The summed E-state index contributed by atoms with van der Waals surface area (Å²) in [6.45, 7) is 0. The molecule has 1 aliphatic rings. The van der Waals surface area contributed by atoms with E-state index in [1.54, 1.807) is 0 Å². The molecule has 6 heteroatoms. The SMILES string of the molecule is O=C1NN(c2ccc(F)cc2)C(=O)/C1=C\c1ccc(F)cc1. The van der Waals surface area contributed by atoms with Crippen LogP contribution in [0.5, 0.6) is 0 Å². The van der Waals surface area contributed by atoms with Gasteiger partial charge in [-0.25, -0.2) is 13.8 Å². The summed E-state index contributed by atoms with van der Waals surface area (Å²) in [6.07, 6.45) is 1.38. The van der Waals surface area contributed by atoms with Crippen molar-refractivity contribution in [2.24, 2.45) is 0 Å². The second-order valence-electron chi connectivity index (χ2n) is 4.67. The Labute approximate surface area is 124 Å². The standard InChI is InChI=1S/C16H10F2N2O2/c17-11-3-1-10(2-4-11)9-14-15(21)19-20(16(14)22)13-7-5-12(18)6-8-13/h1-9H,(H,19,21)/b14-9-. The van der Waals surface area contributed by atoms with E-state index in [1.807, 2.05) is 0 Å². The van der Waals surface area contributed by atoms with Crippen molar-refractivity contribution in [3.8, 4) is 0 Å². The van der Waals surface area contributed by atoms with Crippen molar-refractivity contribution in [3.05, 3.63) is 71.3 Å². The molecule has 0 saturated carbocycles. The second-order valence-corrected chi connectivity index (χ2v) is 4.67. The van der Waals surface area contributed by atoms with Crippen LogP contribution in [0.25, 0.3) is 6.08 Å². The molecular formula is C16H10F2N2O2. The minimum atomic E-state index is -0.571. The average Bonchev–Trinajstić information content (AvgIpc) is 2.78. The summed E-state index contributed by atoms with van der Waals surface area (Å²) >= 11 is 0. The van der Waals surface area contributed by atoms with E-state index < -0.39 is 23.4 Å². The quantitative estimate of drug-likeness (QED) is 0.684. The largest absolute Gasteiger partial charge is 0.282 e. The van der Waals surface area contributed by atoms with Gasteiger partial charge in [0.1, 0.15) is 17.2 Å². The third kappa shape index (κ3) is 2.58. The van der Waals surface area contributed by atoms with E-state index in [0.29, 0.717) is 11.3 Å². The van der Waals surface area contributed by atoms with Crippen LogP contribution < -0.4 is 10.4 Å². The minimum absolute atomic E-state index is 0.0732. The lowest BCUT2D eigenvalue weighted by Crippen LogP contribution is -2.35. The number of hydrogen-bond acceptors (Lipinski definition) is 2. The number of amides is 2. The number of hydrogen-bond donors (Lipinski definition) is 1. The Morgan fingerprint density at radius 1 is 0.864 bits per heavy atom. The number of hydrazine groups is 1. The van der Waals surface area contributed by atoms with Gasteiger partial charge in [0.15, 0.2) is 0 Å². The van der Waals surface area contributed by atoms with Crippen LogP contribution in [0.4, 0.5) is 14.5 Å². The maximum absolute atomic E-state index is 12.9. The fourth-order valence-electron chi connectivity index (χ4n) is 2.06. The number of carbonyl (C=O) groups excluding carboxylic acids is 2. The van der Waals surface area contributed by atoms with Crippen LogP contribution in [-0.2, 0) is 9.59 Å². The smallest absolute Gasteiger partial charge is 0.267 e. The molecule has 1 N–H and O–H groups in total. The van der Waals surface area contributed by atoms with Crippen LogP contribution in [-0.4, -0.2) is 11.8 Å². The first kappa shape index (κ1) is 13.9. The van der Waals surface area contributed by atoms with Gasteiger partial charge in [-0.15, -0.1) is 0 Å². The van der Waals surface area contributed by atoms with Crippen molar-refractivity contribution < 1.29 is 18.4 Å². The van der Waals surface area contributed by atoms with E-state index in [4.69, 9.17) is 0 Å². The number of anilines is 1. The highest BCUT2D eigenvalue weighted by Crippen LogP contribution is 2.21. The van der Waals surface area contributed by atoms with Crippen molar-refractivity contribution in [1.82, 2.24) is 5.43 Å². The van der Waals surface area contributed by atoms with Crippen LogP contribution in [0.15, 0.2) is 54.1 Å². The maximum atomic E-state index is 12.9. The zero-order valence-electron chi connectivity index (χ0n) is 11.2. The van der Waals surface area contributed by atoms with Crippen LogP contribution in [0, 0.1) is 11.6 Å². The lowest BCUT2D eigenvalue weighted by molar-refractivity contribution is -0.117. The molecule has 0 radical (unpaired) electrons. The van der Waals surface area contributed by atoms with E-state index in [9.17, 15) is 18.4 Å². The number of carbonyl (C=O) groups is 2. The van der Waals surface area contributed by atoms with Gasteiger partial charge in [-0.2, -0.15) is 0 Å². The molecular weight excluding hydrogens is 290 g/mol. The summed E-state index contributed by atoms with van der Waals surface area (Å²) in [4.78, 5) is 24.2. The molecule has 1 saturated heterocycles. The summed E-state index contributed by atoms with van der Waals surface area (Å²) in [7, 11) is 0. The van der Waals surface area contributed by atoms with Crippen LogP contribution in [0.2, 0.25) is 0 Å². The van der Waals surface area contributed by atoms with Gasteiger partial charge in [0.25, 0.3) is 11.8 Å². The van der Waals surface area contributed by atoms with Crippen LogP contribution >= 0.6 is 0 Å². The van der Waals surface area contributed by atoms with Gasteiger partial charge in [0.2, 0.25) is 0 Å². The van der Waals surface area contributed by atoms with E-state index in [0.717, 1.165) is 5.01 Å². The highest BCUT2D eigenvalue weighted by Gasteiger charge is 2.34. The Kier molecular flexibility index (Phi) is 3.42. The zero-order chi connectivity index (χ0) is 15.7. The summed E-state index contributed by atoms with van der Waals surface area (Å²) in [5, 5.41) is 1.04. The zero-order valence-corrected chi connectivity index (χ0v) is 11.2. The Morgan fingerprint density at radius 3 is 2.00 bits per heavy atom. The average molecular weight is 300 g/mol. The summed E-state index contributed by atoms with van der Waals surface area (Å²) in [6, 6.07) is 10.5. The fraction of sp³-hybridized carbons (Fsp3) is 0. The predicted molar refractivity (Wildman–Crippen MR) is 76.4 cm³/mol. The Morgan fingerprint density at radius 2 is 1.41 bits per heavy atom. The van der Waals surface area contributed by atoms with Gasteiger partial charge >= 0.3 is 0 Å². The molecule has 0 bridgehead atoms. The van der Waals surface area contributed by atoms with Gasteiger partial charge in [-0.3, -0.25) is 15.0 Å². The lowest BCUT2D eigenvalue weighted by Gasteiger charge is -2.14. The monoisotopic (exact) mass is 300 g/mol. The van der Waals surface area contributed by atoms with Crippen molar-refractivity contribution >= 4 is 23.6 Å². The van der Waals surface area contributed by atoms with Crippen molar-refractivity contribution in [3.63, 3.8) is 0 Å². The highest BCUT2D eigenvalue weighted by molar-refractivity contribution is 6.31. The molecule has 0 unspecified atom stereocenters. The van der Waals surface area contributed by atoms with Gasteiger partial charge in [-0.1, -0.05) is 12.1 Å². The van der Waals surface area contributed by atoms with E-state index in [2.05, 4.69) is 5.43 Å². The van der Waals surface area contributed by atoms with Crippen LogP contribution in [0.1, 0.15) is 5.56 Å². The van der Waals surface area contributed by atoms with Gasteiger partial charge in [0, 0.05) is 0 Å². The highest BCUT2D eigenvalue weighted by atomic mass is 19.1. The molecule has 110 valence electrons. The first-order valence-corrected chi connectivity index (χ1v) is 6.43. The van der Waals surface area contributed by atoms with Gasteiger partial charge in [0.05, 0.1) is 5.69 Å². The molecule has 0 atom stereocenters. The molecule has 0 aliphatic carbocycles. The summed E-state index contributed by atoms with van der Waals surface area (Å²) in [5.41, 5.74) is 3.21. The summed E-state index contributed by atoms with van der Waals surface area (Å²) in [5.74, 6) is -1.97. The lowest BCUT2D eigenvalue weighted by atomic mass is 10.1. The van der Waals surface area contributed by atoms with E-state index in [-0.39, 0.29) is 5.57 Å². The Hall–Kier alpha value is -3.02. The number of nitrogens with zero attached hydrogens (tertiary/aromatic N) is 1. The minimum Gasteiger partial charge on any atom is -0.267 e. The van der Waals surface area contributed by atoms with E-state index >= 15 is 0 Å². The third-order valence-electron chi connectivity index (χ3n) is 3.16. The summed E-state index contributed by atoms with van der Waals surface area (Å²) < 4.78 is 25.8. The number of rotatable bonds is 2. The van der Waals surface area contributed by atoms with E-state index in [1.165, 1.54) is 54.6 Å². The molecule has 2 aromatic rings. The molecule has 4 nitrogen and oxygen atoms in total. The second kappa shape index (κ2) is 5.40. The normalized spacial score (nSPS) is 16.3. The first-order chi connectivity index (χ1) is 10.5. The van der Waals surface area contributed by atoms with Gasteiger partial charge < -0.3 is 0 Å². The number of nitrogens with one attached hydrogen (secondary N) is 1. The van der Waals surface area contributed by atoms with Crippen molar-refractivity contribution in [2.75, 3.05) is 5.01 Å². The Balaban J connectivity index is 1.91. The molecule has 22 heavy (non-hydrogen) atoms. The number of benzene rings is 2. The first-order valence-electron chi connectivity index (χ1n) is 6.43. The Bertz CT molecular complexity index is 768. The topological polar surface area (TPSA) is 49.4 Å².